The van der Waals surface area contributed by atoms with E-state index in [1.807, 2.05) is 13.0 Å². The van der Waals surface area contributed by atoms with Gasteiger partial charge in [0.2, 0.25) is 0 Å². The van der Waals surface area contributed by atoms with Crippen LogP contribution < -0.4 is 10.2 Å². The highest BCUT2D eigenvalue weighted by Crippen LogP contribution is 2.19. The van der Waals surface area contributed by atoms with Crippen molar-refractivity contribution in [3.05, 3.63) is 18.1 Å². The van der Waals surface area contributed by atoms with Crippen molar-refractivity contribution in [2.24, 2.45) is 0 Å². The van der Waals surface area contributed by atoms with E-state index in [9.17, 15) is 5.11 Å². The minimum absolute atomic E-state index is 0.392. The van der Waals surface area contributed by atoms with Crippen LogP contribution >= 0.6 is 0 Å². The second kappa shape index (κ2) is 6.83. The largest absolute Gasteiger partial charge is 0.385 e. The van der Waals surface area contributed by atoms with Crippen molar-refractivity contribution in [2.45, 2.75) is 12.5 Å². The molecule has 2 aromatic heterocycles. The highest BCUT2D eigenvalue weighted by atomic mass is 16.5. The Bertz CT molecular complexity index is 718. The summed E-state index contributed by atoms with van der Waals surface area (Å²) in [5, 5.41) is 18.3. The zero-order chi connectivity index (χ0) is 17.3. The number of nitrogens with zero attached hydrogens (tertiary/aromatic N) is 6. The van der Waals surface area contributed by atoms with Gasteiger partial charge >= 0.3 is 0 Å². The van der Waals surface area contributed by atoms with Crippen LogP contribution in [0.4, 0.5) is 5.82 Å². The lowest BCUT2D eigenvalue weighted by Crippen LogP contribution is -2.56. The summed E-state index contributed by atoms with van der Waals surface area (Å²) in [7, 11) is 0. The molecule has 0 radical (unpaired) electrons. The number of hydrogen-bond acceptors (Lipinski definition) is 8. The lowest BCUT2D eigenvalue weighted by Gasteiger charge is -2.39. The van der Waals surface area contributed by atoms with Gasteiger partial charge in [-0.2, -0.15) is 14.6 Å². The molecule has 2 N–H and O–H groups in total. The number of anilines is 1. The van der Waals surface area contributed by atoms with Crippen molar-refractivity contribution >= 4 is 11.6 Å². The predicted octanol–water partition coefficient (Wildman–Crippen LogP) is -1.09. The van der Waals surface area contributed by atoms with Gasteiger partial charge in [0.1, 0.15) is 17.7 Å². The van der Waals surface area contributed by atoms with Gasteiger partial charge in [-0.05, 0) is 6.92 Å². The molecular formula is C16H25N7O2. The minimum atomic E-state index is -0.814. The molecule has 0 spiro atoms. The Kier molecular flexibility index (Phi) is 4.55. The number of fused-ring (bicyclic) bond motifs is 1. The molecule has 0 aliphatic carbocycles. The highest BCUT2D eigenvalue weighted by molar-refractivity contribution is 5.47. The molecule has 0 bridgehead atoms. The Morgan fingerprint density at radius 3 is 3.00 bits per heavy atom. The van der Waals surface area contributed by atoms with Crippen LogP contribution in [0.5, 0.6) is 0 Å². The third-order valence-corrected chi connectivity index (χ3v) is 4.82. The van der Waals surface area contributed by atoms with Crippen LogP contribution in [0.3, 0.4) is 0 Å². The molecule has 0 aromatic carbocycles. The summed E-state index contributed by atoms with van der Waals surface area (Å²) in [6.45, 7) is 8.56. The molecule has 2 aliphatic rings. The van der Waals surface area contributed by atoms with Crippen molar-refractivity contribution in [2.75, 3.05) is 63.9 Å². The van der Waals surface area contributed by atoms with Crippen molar-refractivity contribution < 1.29 is 9.84 Å². The van der Waals surface area contributed by atoms with Crippen LogP contribution in [-0.2, 0) is 4.74 Å². The molecule has 136 valence electrons. The van der Waals surface area contributed by atoms with Crippen molar-refractivity contribution in [1.29, 1.82) is 0 Å². The average molecular weight is 347 g/mol. The third kappa shape index (κ3) is 3.59. The Morgan fingerprint density at radius 1 is 1.32 bits per heavy atom. The fraction of sp³-hybridized carbons (Fsp3) is 0.688. The van der Waals surface area contributed by atoms with Gasteiger partial charge in [0.05, 0.1) is 13.2 Å². The molecule has 4 heterocycles. The Labute approximate surface area is 146 Å². The molecule has 2 fully saturated rings. The van der Waals surface area contributed by atoms with E-state index in [1.54, 1.807) is 4.52 Å². The fourth-order valence-corrected chi connectivity index (χ4v) is 3.57. The zero-order valence-corrected chi connectivity index (χ0v) is 14.6. The summed E-state index contributed by atoms with van der Waals surface area (Å²) < 4.78 is 7.31. The Hall–Kier alpha value is -1.81. The summed E-state index contributed by atoms with van der Waals surface area (Å²) in [6, 6.07) is 2.05. The first kappa shape index (κ1) is 16.6. The average Bonchev–Trinajstić information content (AvgIpc) is 2.96. The summed E-state index contributed by atoms with van der Waals surface area (Å²) in [5.41, 5.74) is 0.124. The van der Waals surface area contributed by atoms with Crippen LogP contribution in [0, 0.1) is 6.92 Å². The first-order chi connectivity index (χ1) is 12.1. The van der Waals surface area contributed by atoms with Gasteiger partial charge < -0.3 is 20.1 Å². The van der Waals surface area contributed by atoms with Crippen LogP contribution in [0.15, 0.2) is 12.4 Å². The van der Waals surface area contributed by atoms with Gasteiger partial charge in [-0.3, -0.25) is 4.90 Å². The van der Waals surface area contributed by atoms with E-state index in [1.165, 1.54) is 6.33 Å². The van der Waals surface area contributed by atoms with E-state index in [-0.39, 0.29) is 0 Å². The summed E-state index contributed by atoms with van der Waals surface area (Å²) in [4.78, 5) is 13.2. The monoisotopic (exact) mass is 347 g/mol. The van der Waals surface area contributed by atoms with E-state index in [2.05, 4.69) is 30.2 Å². The number of piperazine rings is 1. The number of β-amino-alcohol motifs (C(OH)–C–C–N with tert-alkyl or cyclic N) is 1. The number of hydrogen-bond donors (Lipinski definition) is 2. The number of aliphatic hydroxyl groups is 1. The molecule has 1 atom stereocenters. The van der Waals surface area contributed by atoms with Crippen LogP contribution in [0.25, 0.3) is 5.78 Å². The van der Waals surface area contributed by atoms with Crippen LogP contribution in [-0.4, -0.2) is 94.2 Å². The second-order valence-corrected chi connectivity index (χ2v) is 6.94. The SMILES string of the molecule is Cc1cc(N2CCN(CC3(O)CNCCOC3)CC2)n2ncnc2n1. The third-order valence-electron chi connectivity index (χ3n) is 4.82. The maximum Gasteiger partial charge on any atom is 0.254 e. The molecule has 9 heteroatoms. The van der Waals surface area contributed by atoms with E-state index in [0.717, 1.165) is 44.2 Å². The van der Waals surface area contributed by atoms with Gasteiger partial charge in [0.15, 0.2) is 0 Å². The number of rotatable bonds is 3. The summed E-state index contributed by atoms with van der Waals surface area (Å²) in [6.07, 6.45) is 1.54. The van der Waals surface area contributed by atoms with Crippen molar-refractivity contribution in [1.82, 2.24) is 29.8 Å². The van der Waals surface area contributed by atoms with Gasteiger partial charge in [-0.15, -0.1) is 0 Å². The number of aryl methyl sites for hydroxylation is 1. The molecule has 25 heavy (non-hydrogen) atoms. The zero-order valence-electron chi connectivity index (χ0n) is 14.6. The van der Waals surface area contributed by atoms with Crippen LogP contribution in [0.2, 0.25) is 0 Å². The molecule has 2 saturated heterocycles. The quantitative estimate of drug-likeness (QED) is 0.724. The summed E-state index contributed by atoms with van der Waals surface area (Å²) >= 11 is 0. The maximum absolute atomic E-state index is 10.8. The normalized spacial score (nSPS) is 26.1. The lowest BCUT2D eigenvalue weighted by atomic mass is 10.0. The Balaban J connectivity index is 1.42. The topological polar surface area (TPSA) is 91.0 Å². The van der Waals surface area contributed by atoms with Crippen molar-refractivity contribution in [3.8, 4) is 0 Å². The lowest BCUT2D eigenvalue weighted by molar-refractivity contribution is -0.0495. The van der Waals surface area contributed by atoms with Crippen LogP contribution in [0.1, 0.15) is 5.69 Å². The van der Waals surface area contributed by atoms with E-state index in [4.69, 9.17) is 4.74 Å². The molecule has 2 aliphatic heterocycles. The first-order valence-corrected chi connectivity index (χ1v) is 8.79. The van der Waals surface area contributed by atoms with E-state index in [0.29, 0.717) is 32.1 Å². The molecule has 2 aromatic rings. The predicted molar refractivity (Wildman–Crippen MR) is 92.8 cm³/mol. The molecule has 0 amide bonds. The number of nitrogens with one attached hydrogen (secondary N) is 1. The van der Waals surface area contributed by atoms with E-state index >= 15 is 0 Å². The van der Waals surface area contributed by atoms with Gasteiger partial charge in [-0.1, -0.05) is 0 Å². The maximum atomic E-state index is 10.8. The Morgan fingerprint density at radius 2 is 2.16 bits per heavy atom. The summed E-state index contributed by atoms with van der Waals surface area (Å²) in [5.74, 6) is 1.66. The standard InChI is InChI=1S/C16H25N7O2/c1-13-8-14(23-15(20-13)18-12-19-23)22-5-3-21(4-6-22)10-16(24)9-17-2-7-25-11-16/h8,12,17,24H,2-7,9-11H2,1H3. The highest BCUT2D eigenvalue weighted by Gasteiger charge is 2.32. The molecule has 1 unspecified atom stereocenters. The second-order valence-electron chi connectivity index (χ2n) is 6.94. The number of ether oxygens (including phenoxy) is 1. The molecule has 4 rings (SSSR count). The smallest absolute Gasteiger partial charge is 0.254 e. The number of aromatic nitrogens is 4. The van der Waals surface area contributed by atoms with E-state index < -0.39 is 5.60 Å². The molecule has 9 nitrogen and oxygen atoms in total. The fourth-order valence-electron chi connectivity index (χ4n) is 3.57. The van der Waals surface area contributed by atoms with Gasteiger partial charge in [-0.25, -0.2) is 4.98 Å². The van der Waals surface area contributed by atoms with Gasteiger partial charge in [0, 0.05) is 57.6 Å². The molecule has 0 saturated carbocycles. The first-order valence-electron chi connectivity index (χ1n) is 8.79. The minimum Gasteiger partial charge on any atom is -0.385 e. The van der Waals surface area contributed by atoms with Crippen molar-refractivity contribution in [3.63, 3.8) is 0 Å². The molecular weight excluding hydrogens is 322 g/mol. The van der Waals surface area contributed by atoms with Gasteiger partial charge in [0.25, 0.3) is 5.78 Å².